The summed E-state index contributed by atoms with van der Waals surface area (Å²) in [5.74, 6) is -0.632. The predicted octanol–water partition coefficient (Wildman–Crippen LogP) is 0.0350. The van der Waals surface area contributed by atoms with Gasteiger partial charge in [0.15, 0.2) is 19.7 Å². The van der Waals surface area contributed by atoms with E-state index in [1.165, 1.54) is 12.1 Å². The van der Waals surface area contributed by atoms with Gasteiger partial charge in [-0.05, 0) is 31.7 Å². The van der Waals surface area contributed by atoms with Crippen molar-refractivity contribution in [1.82, 2.24) is 9.80 Å². The highest BCUT2D eigenvalue weighted by molar-refractivity contribution is 7.96. The molecule has 0 saturated carbocycles. The SMILES string of the molecule is CN1CCN(C(=O)c2cccc(S(=O)(=O)C3CCS(=O)(=O)C3)c2)CC1. The standard InChI is InChI=1S/C16H22N2O5S2/c1-17-6-8-18(9-7-17)16(19)13-3-2-4-14(11-13)25(22,23)15-5-10-24(20,21)12-15/h2-4,11,15H,5-10,12H2,1H3. The summed E-state index contributed by atoms with van der Waals surface area (Å²) in [5.41, 5.74) is 0.325. The van der Waals surface area contributed by atoms with Gasteiger partial charge in [-0.25, -0.2) is 16.8 Å². The summed E-state index contributed by atoms with van der Waals surface area (Å²) in [5, 5.41) is -0.925. The Morgan fingerprint density at radius 3 is 2.44 bits per heavy atom. The number of carbonyl (C=O) groups excluding carboxylic acids is 1. The fourth-order valence-electron chi connectivity index (χ4n) is 3.20. The first-order chi connectivity index (χ1) is 11.7. The van der Waals surface area contributed by atoms with E-state index >= 15 is 0 Å². The maximum absolute atomic E-state index is 12.7. The third kappa shape index (κ3) is 3.88. The lowest BCUT2D eigenvalue weighted by atomic mass is 10.2. The topological polar surface area (TPSA) is 91.8 Å². The second kappa shape index (κ2) is 6.69. The van der Waals surface area contributed by atoms with Crippen LogP contribution < -0.4 is 0 Å². The Kier molecular flexibility index (Phi) is 4.91. The maximum Gasteiger partial charge on any atom is 0.253 e. The van der Waals surface area contributed by atoms with Crippen molar-refractivity contribution in [2.45, 2.75) is 16.6 Å². The van der Waals surface area contributed by atoms with Gasteiger partial charge in [-0.15, -0.1) is 0 Å². The highest BCUT2D eigenvalue weighted by Crippen LogP contribution is 2.26. The van der Waals surface area contributed by atoms with Crippen LogP contribution in [0.2, 0.25) is 0 Å². The number of rotatable bonds is 3. The molecule has 0 aromatic heterocycles. The van der Waals surface area contributed by atoms with Gasteiger partial charge in [-0.2, -0.15) is 0 Å². The third-order valence-electron chi connectivity index (χ3n) is 4.83. The molecule has 2 saturated heterocycles. The van der Waals surface area contributed by atoms with Crippen molar-refractivity contribution < 1.29 is 21.6 Å². The van der Waals surface area contributed by atoms with E-state index in [2.05, 4.69) is 4.90 Å². The second-order valence-electron chi connectivity index (χ2n) is 6.69. The van der Waals surface area contributed by atoms with Crippen LogP contribution in [0.1, 0.15) is 16.8 Å². The zero-order chi connectivity index (χ0) is 18.2. The van der Waals surface area contributed by atoms with E-state index in [9.17, 15) is 21.6 Å². The smallest absolute Gasteiger partial charge is 0.253 e. The Morgan fingerprint density at radius 1 is 1.16 bits per heavy atom. The molecule has 2 aliphatic rings. The summed E-state index contributed by atoms with van der Waals surface area (Å²) in [7, 11) is -5.07. The molecular formula is C16H22N2O5S2. The molecule has 25 heavy (non-hydrogen) atoms. The predicted molar refractivity (Wildman–Crippen MR) is 94.1 cm³/mol. The maximum atomic E-state index is 12.7. The molecule has 0 bridgehead atoms. The zero-order valence-corrected chi connectivity index (χ0v) is 15.7. The molecule has 1 atom stereocenters. The Labute approximate surface area is 148 Å². The number of likely N-dealkylation sites (N-methyl/N-ethyl adjacent to an activating group) is 1. The third-order valence-corrected chi connectivity index (χ3v) is 9.00. The lowest BCUT2D eigenvalue weighted by Crippen LogP contribution is -2.47. The van der Waals surface area contributed by atoms with Gasteiger partial charge in [0, 0.05) is 31.7 Å². The number of hydrogen-bond acceptors (Lipinski definition) is 6. The number of sulfone groups is 2. The van der Waals surface area contributed by atoms with Crippen LogP contribution in [0.25, 0.3) is 0 Å². The molecule has 1 amide bonds. The molecule has 1 aromatic rings. The average molecular weight is 386 g/mol. The van der Waals surface area contributed by atoms with E-state index in [1.807, 2.05) is 7.05 Å². The zero-order valence-electron chi connectivity index (χ0n) is 14.1. The van der Waals surface area contributed by atoms with E-state index in [0.29, 0.717) is 18.7 Å². The van der Waals surface area contributed by atoms with Crippen molar-refractivity contribution >= 4 is 25.6 Å². The van der Waals surface area contributed by atoms with Crippen LogP contribution in [0.4, 0.5) is 0 Å². The van der Waals surface area contributed by atoms with Gasteiger partial charge in [0.2, 0.25) is 0 Å². The van der Waals surface area contributed by atoms with Gasteiger partial charge in [-0.1, -0.05) is 6.07 Å². The van der Waals surface area contributed by atoms with Crippen molar-refractivity contribution in [1.29, 1.82) is 0 Å². The van der Waals surface area contributed by atoms with Gasteiger partial charge in [-0.3, -0.25) is 4.79 Å². The number of carbonyl (C=O) groups is 1. The summed E-state index contributed by atoms with van der Waals surface area (Å²) in [6, 6.07) is 5.95. The molecule has 1 aromatic carbocycles. The summed E-state index contributed by atoms with van der Waals surface area (Å²) in [6.07, 6.45) is 0.112. The minimum absolute atomic E-state index is 0.0228. The Hall–Kier alpha value is -1.45. The average Bonchev–Trinajstić information content (AvgIpc) is 2.96. The fourth-order valence-corrected chi connectivity index (χ4v) is 7.60. The molecule has 2 fully saturated rings. The van der Waals surface area contributed by atoms with Crippen LogP contribution in [0.3, 0.4) is 0 Å². The van der Waals surface area contributed by atoms with E-state index in [1.54, 1.807) is 17.0 Å². The quantitative estimate of drug-likeness (QED) is 0.728. The van der Waals surface area contributed by atoms with Crippen LogP contribution in [0.15, 0.2) is 29.2 Å². The molecule has 0 radical (unpaired) electrons. The minimum Gasteiger partial charge on any atom is -0.336 e. The van der Waals surface area contributed by atoms with Crippen LogP contribution in [-0.2, 0) is 19.7 Å². The summed E-state index contributed by atoms with van der Waals surface area (Å²) in [4.78, 5) is 16.5. The minimum atomic E-state index is -3.76. The first kappa shape index (κ1) is 18.3. The van der Waals surface area contributed by atoms with Crippen molar-refractivity contribution in [3.05, 3.63) is 29.8 Å². The summed E-state index contributed by atoms with van der Waals surface area (Å²) < 4.78 is 48.6. The molecule has 0 spiro atoms. The van der Waals surface area contributed by atoms with E-state index in [-0.39, 0.29) is 28.7 Å². The van der Waals surface area contributed by atoms with Gasteiger partial charge in [0.1, 0.15) is 0 Å². The molecule has 9 heteroatoms. The number of hydrogen-bond donors (Lipinski definition) is 0. The van der Waals surface area contributed by atoms with Gasteiger partial charge in [0.25, 0.3) is 5.91 Å². The van der Waals surface area contributed by atoms with Crippen molar-refractivity contribution in [3.63, 3.8) is 0 Å². The van der Waals surface area contributed by atoms with Crippen LogP contribution in [0, 0.1) is 0 Å². The first-order valence-electron chi connectivity index (χ1n) is 8.21. The van der Waals surface area contributed by atoms with Crippen LogP contribution >= 0.6 is 0 Å². The van der Waals surface area contributed by atoms with Crippen LogP contribution in [0.5, 0.6) is 0 Å². The van der Waals surface area contributed by atoms with Crippen molar-refractivity contribution in [2.75, 3.05) is 44.7 Å². The lowest BCUT2D eigenvalue weighted by molar-refractivity contribution is 0.0664. The number of benzene rings is 1. The molecule has 138 valence electrons. The largest absolute Gasteiger partial charge is 0.336 e. The van der Waals surface area contributed by atoms with Gasteiger partial charge >= 0.3 is 0 Å². The number of piperazine rings is 1. The number of amides is 1. The Balaban J connectivity index is 1.83. The van der Waals surface area contributed by atoms with Crippen LogP contribution in [-0.4, -0.2) is 82.5 Å². The lowest BCUT2D eigenvalue weighted by Gasteiger charge is -2.32. The monoisotopic (exact) mass is 386 g/mol. The molecule has 2 aliphatic heterocycles. The molecule has 0 aliphatic carbocycles. The molecule has 3 rings (SSSR count). The second-order valence-corrected chi connectivity index (χ2v) is 11.2. The first-order valence-corrected chi connectivity index (χ1v) is 11.6. The highest BCUT2D eigenvalue weighted by Gasteiger charge is 2.38. The molecular weight excluding hydrogens is 364 g/mol. The Bertz CT molecular complexity index is 872. The van der Waals surface area contributed by atoms with Gasteiger partial charge in [0.05, 0.1) is 21.7 Å². The molecule has 0 N–H and O–H groups in total. The number of nitrogens with zero attached hydrogens (tertiary/aromatic N) is 2. The molecule has 1 unspecified atom stereocenters. The Morgan fingerprint density at radius 2 is 1.84 bits per heavy atom. The molecule has 2 heterocycles. The van der Waals surface area contributed by atoms with E-state index in [4.69, 9.17) is 0 Å². The summed E-state index contributed by atoms with van der Waals surface area (Å²) >= 11 is 0. The van der Waals surface area contributed by atoms with Gasteiger partial charge < -0.3 is 9.80 Å². The highest BCUT2D eigenvalue weighted by atomic mass is 32.2. The van der Waals surface area contributed by atoms with Crippen molar-refractivity contribution in [3.8, 4) is 0 Å². The van der Waals surface area contributed by atoms with E-state index < -0.39 is 24.9 Å². The fraction of sp³-hybridized carbons (Fsp3) is 0.562. The molecule has 7 nitrogen and oxygen atoms in total. The van der Waals surface area contributed by atoms with E-state index in [0.717, 1.165) is 13.1 Å². The normalized spacial score (nSPS) is 24.4. The van der Waals surface area contributed by atoms with Crippen molar-refractivity contribution in [2.24, 2.45) is 0 Å². The summed E-state index contributed by atoms with van der Waals surface area (Å²) in [6.45, 7) is 2.77.